The van der Waals surface area contributed by atoms with Crippen molar-refractivity contribution in [3.8, 4) is 5.69 Å². The van der Waals surface area contributed by atoms with Crippen molar-refractivity contribution in [1.29, 1.82) is 5.41 Å². The van der Waals surface area contributed by atoms with Crippen molar-refractivity contribution in [1.82, 2.24) is 9.58 Å². The summed E-state index contributed by atoms with van der Waals surface area (Å²) in [6.07, 6.45) is 1.76. The Hall–Kier alpha value is -4.23. The monoisotopic (exact) mass is 489 g/mol. The van der Waals surface area contributed by atoms with E-state index < -0.39 is 5.91 Å². The quantitative estimate of drug-likeness (QED) is 0.347. The number of nitrogens with zero attached hydrogens (tertiary/aromatic N) is 4. The molecule has 3 aromatic carbocycles. The van der Waals surface area contributed by atoms with Crippen molar-refractivity contribution < 1.29 is 4.79 Å². The summed E-state index contributed by atoms with van der Waals surface area (Å²) >= 11 is 1.31. The van der Waals surface area contributed by atoms with Crippen LogP contribution in [0.25, 0.3) is 22.5 Å². The van der Waals surface area contributed by atoms with Crippen LogP contribution in [0.5, 0.6) is 0 Å². The summed E-state index contributed by atoms with van der Waals surface area (Å²) in [5.41, 5.74) is 6.32. The van der Waals surface area contributed by atoms with Crippen LogP contribution in [-0.4, -0.2) is 31.5 Å². The molecule has 0 aliphatic carbocycles. The molecule has 6 nitrogen and oxygen atoms in total. The minimum absolute atomic E-state index is 0.0366. The summed E-state index contributed by atoms with van der Waals surface area (Å²) in [6, 6.07) is 24.6. The molecule has 0 bridgehead atoms. The van der Waals surface area contributed by atoms with Gasteiger partial charge in [-0.3, -0.25) is 10.2 Å². The highest BCUT2D eigenvalue weighted by molar-refractivity contribution is 8.27. The van der Waals surface area contributed by atoms with Gasteiger partial charge in [0, 0.05) is 22.3 Å². The molecule has 36 heavy (non-hydrogen) atoms. The number of aromatic nitrogens is 1. The molecule has 2 aliphatic heterocycles. The van der Waals surface area contributed by atoms with Crippen LogP contribution >= 0.6 is 11.8 Å². The third kappa shape index (κ3) is 3.60. The van der Waals surface area contributed by atoms with Crippen LogP contribution in [-0.2, 0) is 4.79 Å². The second-order valence-corrected chi connectivity index (χ2v) is 9.91. The van der Waals surface area contributed by atoms with Crippen molar-refractivity contribution in [2.45, 2.75) is 20.8 Å². The van der Waals surface area contributed by atoms with Crippen molar-refractivity contribution in [3.63, 3.8) is 0 Å². The van der Waals surface area contributed by atoms with E-state index >= 15 is 0 Å². The topological polar surface area (TPSA) is 73.8 Å². The number of amides is 1. The molecule has 0 fully saturated rings. The van der Waals surface area contributed by atoms with Crippen molar-refractivity contribution in [3.05, 3.63) is 106 Å². The Morgan fingerprint density at radius 3 is 2.50 bits per heavy atom. The van der Waals surface area contributed by atoms with E-state index in [1.807, 2.05) is 56.3 Å². The number of carbonyl (C=O) groups excluding carboxylic acids is 1. The van der Waals surface area contributed by atoms with Crippen LogP contribution in [0.15, 0.2) is 88.5 Å². The lowest BCUT2D eigenvalue weighted by atomic mass is 10.1. The maximum Gasteiger partial charge on any atom is 0.283 e. The number of rotatable bonds is 3. The molecule has 0 atom stereocenters. The van der Waals surface area contributed by atoms with Crippen LogP contribution in [0.1, 0.15) is 28.1 Å². The summed E-state index contributed by atoms with van der Waals surface area (Å²) in [4.78, 5) is 17.3. The van der Waals surface area contributed by atoms with Gasteiger partial charge in [-0.1, -0.05) is 66.2 Å². The van der Waals surface area contributed by atoms with Gasteiger partial charge in [0.25, 0.3) is 5.91 Å². The third-order valence-corrected chi connectivity index (χ3v) is 7.49. The van der Waals surface area contributed by atoms with E-state index in [2.05, 4.69) is 51.9 Å². The number of hydrogen-bond acceptors (Lipinski definition) is 4. The molecule has 1 amide bonds. The number of aliphatic imine (C=N–C) groups is 1. The summed E-state index contributed by atoms with van der Waals surface area (Å²) in [6.45, 7) is 6.12. The summed E-state index contributed by atoms with van der Waals surface area (Å²) in [5.74, 6) is -0.386. The van der Waals surface area contributed by atoms with Gasteiger partial charge in [-0.25, -0.2) is 0 Å². The largest absolute Gasteiger partial charge is 0.317 e. The maximum absolute atomic E-state index is 13.0. The van der Waals surface area contributed by atoms with Gasteiger partial charge in [0.1, 0.15) is 5.04 Å². The van der Waals surface area contributed by atoms with E-state index in [1.165, 1.54) is 22.2 Å². The first kappa shape index (κ1) is 22.2. The van der Waals surface area contributed by atoms with Crippen LogP contribution in [0.3, 0.4) is 0 Å². The third-order valence-electron chi connectivity index (χ3n) is 6.53. The predicted molar refractivity (Wildman–Crippen MR) is 148 cm³/mol. The van der Waals surface area contributed by atoms with Crippen molar-refractivity contribution >= 4 is 50.6 Å². The minimum atomic E-state index is -0.422. The number of nitrogens with one attached hydrogen (secondary N) is 1. The summed E-state index contributed by atoms with van der Waals surface area (Å²) in [7, 11) is 0. The van der Waals surface area contributed by atoms with E-state index in [0.717, 1.165) is 44.2 Å². The Morgan fingerprint density at radius 2 is 1.69 bits per heavy atom. The van der Waals surface area contributed by atoms with E-state index in [4.69, 9.17) is 5.41 Å². The molecular formula is C29H23N5OS. The number of thioether (sulfide) groups is 1. The summed E-state index contributed by atoms with van der Waals surface area (Å²) < 4.78 is 2.19. The molecule has 0 saturated carbocycles. The zero-order chi connectivity index (χ0) is 25.0. The van der Waals surface area contributed by atoms with Gasteiger partial charge in [-0.2, -0.15) is 15.1 Å². The van der Waals surface area contributed by atoms with Gasteiger partial charge in [0.2, 0.25) is 5.17 Å². The maximum atomic E-state index is 13.0. The van der Waals surface area contributed by atoms with Gasteiger partial charge in [0.15, 0.2) is 5.84 Å². The Balaban J connectivity index is 1.39. The van der Waals surface area contributed by atoms with Gasteiger partial charge in [-0.05, 0) is 61.7 Å². The van der Waals surface area contributed by atoms with Gasteiger partial charge < -0.3 is 4.57 Å². The van der Waals surface area contributed by atoms with E-state index in [9.17, 15) is 4.79 Å². The number of benzene rings is 3. The molecule has 6 rings (SSSR count). The van der Waals surface area contributed by atoms with E-state index in [1.54, 1.807) is 6.08 Å². The molecule has 0 spiro atoms. The van der Waals surface area contributed by atoms with Crippen LogP contribution in [0.2, 0.25) is 0 Å². The van der Waals surface area contributed by atoms with Gasteiger partial charge in [0.05, 0.1) is 11.3 Å². The van der Waals surface area contributed by atoms with E-state index in [-0.39, 0.29) is 11.4 Å². The first-order chi connectivity index (χ1) is 17.4. The fraction of sp³-hybridized carbons (Fsp3) is 0.103. The second kappa shape index (κ2) is 8.46. The van der Waals surface area contributed by atoms with Crippen LogP contribution in [0.4, 0.5) is 0 Å². The fourth-order valence-electron chi connectivity index (χ4n) is 4.67. The Kier molecular flexibility index (Phi) is 5.23. The second-order valence-electron chi connectivity index (χ2n) is 8.95. The average molecular weight is 490 g/mol. The molecule has 0 unspecified atom stereocenters. The lowest BCUT2D eigenvalue weighted by Gasteiger charge is -2.20. The average Bonchev–Trinajstić information content (AvgIpc) is 3.42. The number of fused-ring (bicyclic) bond motifs is 2. The molecular weight excluding hydrogens is 466 g/mol. The van der Waals surface area contributed by atoms with Crippen molar-refractivity contribution in [2.24, 2.45) is 10.1 Å². The van der Waals surface area contributed by atoms with Crippen molar-refractivity contribution in [2.75, 3.05) is 0 Å². The zero-order valence-corrected chi connectivity index (χ0v) is 20.9. The lowest BCUT2D eigenvalue weighted by molar-refractivity contribution is -0.114. The molecule has 2 aliphatic rings. The number of aryl methyl sites for hydroxylation is 2. The first-order valence-electron chi connectivity index (χ1n) is 11.6. The SMILES string of the molecule is Cc1ccc(C2=NN3C(=N)C(=Cc4cc(C)n(-c5cccc6ccccc56)c4C)C(=O)N=C3S2)cc1. The van der Waals surface area contributed by atoms with Gasteiger partial charge >= 0.3 is 0 Å². The zero-order valence-electron chi connectivity index (χ0n) is 20.1. The lowest BCUT2D eigenvalue weighted by Crippen LogP contribution is -2.35. The number of amidine groups is 2. The van der Waals surface area contributed by atoms with Crippen LogP contribution < -0.4 is 0 Å². The highest BCUT2D eigenvalue weighted by Crippen LogP contribution is 2.33. The first-order valence-corrected chi connectivity index (χ1v) is 12.5. The molecule has 1 aromatic heterocycles. The standard InChI is InChI=1S/C29H23N5OS/c1-17-11-13-21(14-12-17)28-32-34-26(30)24(27(35)31-29(34)36-28)16-22-15-18(2)33(19(22)3)25-10-6-8-20-7-4-5-9-23(20)25/h4-16,30H,1-3H3. The number of hydrogen-bond donors (Lipinski definition) is 1. The fourth-order valence-corrected chi connectivity index (χ4v) is 5.56. The van der Waals surface area contributed by atoms with Crippen LogP contribution in [0, 0.1) is 26.2 Å². The molecule has 3 heterocycles. The smallest absolute Gasteiger partial charge is 0.283 e. The Morgan fingerprint density at radius 1 is 0.944 bits per heavy atom. The van der Waals surface area contributed by atoms with E-state index in [0.29, 0.717) is 5.17 Å². The molecule has 7 heteroatoms. The molecule has 4 aromatic rings. The molecule has 0 radical (unpaired) electrons. The Bertz CT molecular complexity index is 1670. The minimum Gasteiger partial charge on any atom is -0.317 e. The molecule has 176 valence electrons. The normalized spacial score (nSPS) is 16.5. The number of hydrazone groups is 1. The Labute approximate surface area is 213 Å². The summed E-state index contributed by atoms with van der Waals surface area (Å²) in [5, 5.41) is 18.3. The highest BCUT2D eigenvalue weighted by atomic mass is 32.2. The number of carbonyl (C=O) groups is 1. The highest BCUT2D eigenvalue weighted by Gasteiger charge is 2.36. The molecule has 0 saturated heterocycles. The van der Waals surface area contributed by atoms with Gasteiger partial charge in [-0.15, -0.1) is 0 Å². The molecule has 1 N–H and O–H groups in total. The predicted octanol–water partition coefficient (Wildman–Crippen LogP) is 6.22.